The fourth-order valence-corrected chi connectivity index (χ4v) is 18.4. The van der Waals surface area contributed by atoms with E-state index in [1.165, 1.54) is 251 Å². The number of imidazole rings is 1. The second-order valence-electron chi connectivity index (χ2n) is 36.3. The third kappa shape index (κ3) is 21.4. The van der Waals surface area contributed by atoms with Gasteiger partial charge in [0.1, 0.15) is 45.1 Å². The molecule has 6 aromatic carbocycles. The fourth-order valence-electron chi connectivity index (χ4n) is 16.7. The first-order valence-corrected chi connectivity index (χ1v) is 46.6. The Hall–Kier alpha value is -11.0. The van der Waals surface area contributed by atoms with Crippen LogP contribution in [0.5, 0.6) is 0 Å². The maximum Gasteiger partial charge on any atom is 0.213 e. The van der Waals surface area contributed by atoms with Crippen molar-refractivity contribution in [1.29, 1.82) is 0 Å². The highest BCUT2D eigenvalue weighted by Gasteiger charge is 2.21. The van der Waals surface area contributed by atoms with Gasteiger partial charge in [0.2, 0.25) is 11.8 Å². The molecule has 0 fully saturated rings. The van der Waals surface area contributed by atoms with E-state index in [-0.39, 0.29) is 0 Å². The number of rotatable bonds is 0. The van der Waals surface area contributed by atoms with Gasteiger partial charge < -0.3 is 36.2 Å². The maximum absolute atomic E-state index is 5.60. The SMILES string of the molecule is Cc1c(C)c(C)c2c(c1C)c(C)c(C)n2C.Cc1c(C)c(C)c2c(nc(C)n2C)c1C.Cc1c(C)c(C)c2nonc2c1C.Cc1c(C)c(C)c2nsnc2c1C.Cc1c(C)c(C)n(C)c1C.Cc1c(C)c(C)n(C)c1C.Cc1c(C)c(C)n(C)c1C.Cc1nc2c(C)c(C)c(C)c(C)c2o1.Cc1nc2c(C)c(C)c(C)c(C)c2s1.Cc1nnc(C)n1C.Cc1nnc(C)o1. The molecule has 0 unspecified atom stereocenters. The number of fused-ring (bicyclic) bond motifs is 6. The molecule has 0 aliphatic rings. The molecule has 22 heteroatoms. The largest absolute Gasteiger partial charge is 0.441 e. The summed E-state index contributed by atoms with van der Waals surface area (Å²) in [4.78, 5) is 13.6. The lowest BCUT2D eigenvalue weighted by atomic mass is 9.94. The van der Waals surface area contributed by atoms with Crippen molar-refractivity contribution < 1.29 is 13.5 Å². The lowest BCUT2D eigenvalue weighted by molar-refractivity contribution is 0.315. The molecule has 20 nitrogen and oxygen atoms in total. The Labute approximate surface area is 784 Å². The van der Waals surface area contributed by atoms with Gasteiger partial charge in [0.15, 0.2) is 11.5 Å². The molecular weight excluding hydrogens is 1650 g/mol. The van der Waals surface area contributed by atoms with Crippen LogP contribution in [0.3, 0.4) is 0 Å². The highest BCUT2D eigenvalue weighted by atomic mass is 32.1. The number of nitrogens with zero attached hydrogens (tertiary/aromatic N) is 17. The molecule has 0 N–H and O–H groups in total. The molecule has 11 aromatic heterocycles. The summed E-state index contributed by atoms with van der Waals surface area (Å²) in [5, 5.41) is 25.3. The second kappa shape index (κ2) is 42.9. The molecule has 0 saturated heterocycles. The van der Waals surface area contributed by atoms with E-state index in [9.17, 15) is 0 Å². The average Bonchev–Trinajstić information content (AvgIpc) is 1.59. The number of thiazole rings is 1. The molecule has 0 aliphatic carbocycles. The zero-order chi connectivity index (χ0) is 98.7. The van der Waals surface area contributed by atoms with Gasteiger partial charge in [-0.05, 0) is 474 Å². The van der Waals surface area contributed by atoms with E-state index in [4.69, 9.17) is 13.5 Å². The predicted molar refractivity (Wildman–Crippen MR) is 551 cm³/mol. The van der Waals surface area contributed by atoms with Crippen molar-refractivity contribution >= 4 is 88.4 Å². The van der Waals surface area contributed by atoms with Gasteiger partial charge in [0.05, 0.1) is 43.5 Å². The van der Waals surface area contributed by atoms with Gasteiger partial charge in [-0.15, -0.1) is 31.7 Å². The normalized spacial score (nSPS) is 10.9. The molecule has 17 rings (SSSR count). The minimum atomic E-state index is 0.623. The van der Waals surface area contributed by atoms with Gasteiger partial charge in [0.25, 0.3) is 0 Å². The molecule has 0 saturated carbocycles. The molecule has 0 aliphatic heterocycles. The monoisotopic (exact) mass is 1800 g/mol. The van der Waals surface area contributed by atoms with E-state index in [2.05, 4.69) is 376 Å². The Morgan fingerprint density at radius 3 is 0.854 bits per heavy atom. The predicted octanol–water partition coefficient (Wildman–Crippen LogP) is 27.6. The molecule has 0 radical (unpaired) electrons. The van der Waals surface area contributed by atoms with Gasteiger partial charge in [-0.2, -0.15) is 8.75 Å². The zero-order valence-corrected chi connectivity index (χ0v) is 90.8. The molecule has 0 atom stereocenters. The van der Waals surface area contributed by atoms with Crippen LogP contribution in [0.15, 0.2) is 13.5 Å². The summed E-state index contributed by atoms with van der Waals surface area (Å²) in [7, 11) is 12.6. The van der Waals surface area contributed by atoms with Crippen molar-refractivity contribution in [2.24, 2.45) is 42.3 Å². The van der Waals surface area contributed by atoms with Gasteiger partial charge in [-0.25, -0.2) is 19.6 Å². The molecule has 17 aromatic rings. The molecule has 0 bridgehead atoms. The van der Waals surface area contributed by atoms with Crippen LogP contribution in [0.25, 0.3) is 65.3 Å². The van der Waals surface area contributed by atoms with E-state index in [1.807, 2.05) is 46.2 Å². The number of aromatic nitrogens is 17. The molecule has 0 amide bonds. The van der Waals surface area contributed by atoms with Gasteiger partial charge >= 0.3 is 0 Å². The third-order valence-electron chi connectivity index (χ3n) is 30.0. The maximum atomic E-state index is 5.60. The Morgan fingerprint density at radius 2 is 0.515 bits per heavy atom. The molecular formula is C108H153N17O3S2. The van der Waals surface area contributed by atoms with Crippen LogP contribution in [0.4, 0.5) is 0 Å². The van der Waals surface area contributed by atoms with E-state index in [1.54, 1.807) is 25.2 Å². The summed E-state index contributed by atoms with van der Waals surface area (Å²) in [5.74, 6) is 5.00. The van der Waals surface area contributed by atoms with Crippen molar-refractivity contribution in [2.75, 3.05) is 0 Å². The van der Waals surface area contributed by atoms with Crippen molar-refractivity contribution in [3.05, 3.63) is 252 Å². The highest BCUT2D eigenvalue weighted by molar-refractivity contribution is 7.18. The van der Waals surface area contributed by atoms with Crippen molar-refractivity contribution in [3.8, 4) is 0 Å². The highest BCUT2D eigenvalue weighted by Crippen LogP contribution is 2.37. The lowest BCUT2D eigenvalue weighted by Gasteiger charge is -2.12. The van der Waals surface area contributed by atoms with Crippen LogP contribution in [0, 0.1) is 312 Å². The van der Waals surface area contributed by atoms with Crippen LogP contribution in [0.1, 0.15) is 252 Å². The van der Waals surface area contributed by atoms with Crippen molar-refractivity contribution in [2.45, 2.75) is 312 Å². The summed E-state index contributed by atoms with van der Waals surface area (Å²) in [6.07, 6.45) is 0. The standard InChI is InChI=1S/C15H21N.C13H18N2.C12H15NO.C12H15NS.C10H12N2O.C10H12N2S.3C9H15N.C5H9N3.C4H6N2O/c1-8-9(2)11(4)15-14(10(8)3)12(5)13(6)16(15)7;1-7-8(2)10(4)13-12(9(7)3)14-11(5)15(13)6;2*1-6-7(2)9(4)12-11(8(6)3)13-10(5)14-12;2*1-5-6(2)8(4)10-9(7(5)3)11-13-12-10;3*1-6-7(2)9(4)10(5)8(6)3;1-4-6-7-5(2)8(4)3;1-3-5-6-4(2)7-3/h1-7H3;1-6H3;2*1-5H3;2*1-4H3;3*1-5H3;1-3H3;1-2H3. The smallest absolute Gasteiger partial charge is 0.213 e. The number of aryl methyl sites for hydroxylation is 22. The minimum Gasteiger partial charge on any atom is -0.441 e. The van der Waals surface area contributed by atoms with Crippen molar-refractivity contribution in [1.82, 2.24) is 81.8 Å². The minimum absolute atomic E-state index is 0.623. The number of oxazole rings is 1. The average molecular weight is 1800 g/mol. The number of hydrogen-bond donors (Lipinski definition) is 0. The molecule has 700 valence electrons. The van der Waals surface area contributed by atoms with Crippen LogP contribution in [0.2, 0.25) is 0 Å². The first-order chi connectivity index (χ1) is 60.3. The molecule has 0 spiro atoms. The van der Waals surface area contributed by atoms with E-state index in [0.717, 1.165) is 67.1 Å². The number of benzene rings is 6. The van der Waals surface area contributed by atoms with Gasteiger partial charge in [-0.1, -0.05) is 0 Å². The van der Waals surface area contributed by atoms with Gasteiger partial charge in [0, 0.05) is 108 Å². The first kappa shape index (κ1) is 106. The Balaban J connectivity index is 0.000000197. The zero-order valence-electron chi connectivity index (χ0n) is 89.1. The summed E-state index contributed by atoms with van der Waals surface area (Å²) in [5.41, 5.74) is 62.6. The van der Waals surface area contributed by atoms with E-state index >= 15 is 0 Å². The third-order valence-corrected chi connectivity index (χ3v) is 31.7. The Morgan fingerprint density at radius 1 is 0.208 bits per heavy atom. The lowest BCUT2D eigenvalue weighted by Crippen LogP contribution is -1.97. The van der Waals surface area contributed by atoms with Crippen molar-refractivity contribution in [3.63, 3.8) is 0 Å². The summed E-state index contributed by atoms with van der Waals surface area (Å²) in [6.45, 7) is 95.6. The van der Waals surface area contributed by atoms with E-state index < -0.39 is 0 Å². The molecule has 130 heavy (non-hydrogen) atoms. The van der Waals surface area contributed by atoms with E-state index in [0.29, 0.717) is 11.8 Å². The Bertz CT molecular complexity index is 6220. The quantitative estimate of drug-likeness (QED) is 0.138. The van der Waals surface area contributed by atoms with Crippen LogP contribution in [-0.4, -0.2) is 81.8 Å². The summed E-state index contributed by atoms with van der Waals surface area (Å²) >= 11 is 3.10. The Kier molecular flexibility index (Phi) is 35.0. The summed E-state index contributed by atoms with van der Waals surface area (Å²) in [6, 6.07) is 0. The fraction of sp³-hybridized carbons (Fsp3) is 0.472. The molecule has 11 heterocycles. The van der Waals surface area contributed by atoms with Gasteiger partial charge in [-0.3, -0.25) is 0 Å². The number of hydrogen-bond acceptors (Lipinski definition) is 16. The summed E-state index contributed by atoms with van der Waals surface area (Å²) < 4.78 is 38.4. The first-order valence-electron chi connectivity index (χ1n) is 45.1. The topological polar surface area (TPSA) is 211 Å². The van der Waals surface area contributed by atoms with Crippen LogP contribution in [-0.2, 0) is 42.3 Å². The van der Waals surface area contributed by atoms with Crippen LogP contribution >= 0.6 is 23.1 Å². The second-order valence-corrected chi connectivity index (χ2v) is 38.0. The van der Waals surface area contributed by atoms with Crippen LogP contribution < -0.4 is 0 Å².